The van der Waals surface area contributed by atoms with Crippen LogP contribution in [0.15, 0.2) is 47.6 Å². The van der Waals surface area contributed by atoms with Crippen LogP contribution < -0.4 is 19.5 Å². The number of rotatable bonds is 8. The van der Waals surface area contributed by atoms with Gasteiger partial charge in [0, 0.05) is 31.6 Å². The number of ether oxygens (including phenoxy) is 3. The van der Waals surface area contributed by atoms with Crippen LogP contribution in [0.25, 0.3) is 0 Å². The fraction of sp³-hybridized carbons (Fsp3) is 0.375. The van der Waals surface area contributed by atoms with E-state index in [1.54, 1.807) is 34.4 Å². The molecule has 0 unspecified atom stereocenters. The van der Waals surface area contributed by atoms with Gasteiger partial charge in [-0.25, -0.2) is 9.80 Å². The third kappa shape index (κ3) is 5.36. The van der Waals surface area contributed by atoms with Crippen LogP contribution in [-0.4, -0.2) is 69.0 Å². The van der Waals surface area contributed by atoms with Gasteiger partial charge in [0.2, 0.25) is 0 Å². The number of carbonyl (C=O) groups excluding carboxylic acids is 2. The minimum Gasteiger partial charge on any atom is -0.497 e. The lowest BCUT2D eigenvalue weighted by molar-refractivity contribution is -0.133. The highest BCUT2D eigenvalue weighted by Gasteiger charge is 2.34. The zero-order valence-corrected chi connectivity index (χ0v) is 19.6. The molecule has 9 nitrogen and oxygen atoms in total. The van der Waals surface area contributed by atoms with E-state index in [9.17, 15) is 9.59 Å². The Morgan fingerprint density at radius 1 is 1.06 bits per heavy atom. The van der Waals surface area contributed by atoms with Gasteiger partial charge >= 0.3 is 6.03 Å². The SMILES string of the molecule is CCNC(=O)N(C)CC(=O)N1N=C(c2ccc(OC)cc2OC)C[C@@H]1c1ccc(OC)cc1. The van der Waals surface area contributed by atoms with Crippen molar-refractivity contribution >= 4 is 17.6 Å². The van der Waals surface area contributed by atoms with Crippen molar-refractivity contribution in [3.05, 3.63) is 53.6 Å². The first-order chi connectivity index (χ1) is 15.9. The molecule has 1 atom stereocenters. The van der Waals surface area contributed by atoms with Crippen molar-refractivity contribution in [3.63, 3.8) is 0 Å². The normalized spacial score (nSPS) is 15.0. The Balaban J connectivity index is 1.94. The van der Waals surface area contributed by atoms with Crippen LogP contribution in [0.4, 0.5) is 4.79 Å². The fourth-order valence-corrected chi connectivity index (χ4v) is 3.66. The Labute approximate surface area is 193 Å². The van der Waals surface area contributed by atoms with Crippen molar-refractivity contribution < 1.29 is 23.8 Å². The summed E-state index contributed by atoms with van der Waals surface area (Å²) >= 11 is 0. The zero-order chi connectivity index (χ0) is 24.0. The Morgan fingerprint density at radius 2 is 1.73 bits per heavy atom. The van der Waals surface area contributed by atoms with Crippen molar-refractivity contribution in [1.82, 2.24) is 15.2 Å². The summed E-state index contributed by atoms with van der Waals surface area (Å²) in [5.41, 5.74) is 2.41. The minimum absolute atomic E-state index is 0.102. The van der Waals surface area contributed by atoms with Gasteiger partial charge in [-0.2, -0.15) is 5.10 Å². The van der Waals surface area contributed by atoms with Crippen LogP contribution in [0.5, 0.6) is 17.2 Å². The maximum absolute atomic E-state index is 13.2. The second-order valence-corrected chi connectivity index (χ2v) is 7.54. The second-order valence-electron chi connectivity index (χ2n) is 7.54. The van der Waals surface area contributed by atoms with Crippen molar-refractivity contribution in [2.45, 2.75) is 19.4 Å². The summed E-state index contributed by atoms with van der Waals surface area (Å²) in [5.74, 6) is 1.71. The smallest absolute Gasteiger partial charge is 0.317 e. The predicted octanol–water partition coefficient (Wildman–Crippen LogP) is 3.05. The maximum Gasteiger partial charge on any atom is 0.317 e. The molecule has 3 amide bonds. The molecule has 0 bridgehead atoms. The molecule has 2 aromatic rings. The van der Waals surface area contributed by atoms with E-state index in [1.807, 2.05) is 43.3 Å². The molecule has 1 heterocycles. The van der Waals surface area contributed by atoms with Crippen molar-refractivity contribution in [2.24, 2.45) is 5.10 Å². The average Bonchev–Trinajstić information content (AvgIpc) is 3.29. The number of likely N-dealkylation sites (N-methyl/N-ethyl adjacent to an activating group) is 1. The van der Waals surface area contributed by atoms with Gasteiger partial charge in [0.05, 0.1) is 33.1 Å². The Hall–Kier alpha value is -3.75. The molecule has 0 saturated carbocycles. The Morgan fingerprint density at radius 3 is 2.33 bits per heavy atom. The second kappa shape index (κ2) is 10.7. The molecule has 0 spiro atoms. The number of urea groups is 1. The molecule has 0 fully saturated rings. The minimum atomic E-state index is -0.326. The van der Waals surface area contributed by atoms with E-state index in [0.717, 1.165) is 16.9 Å². The number of nitrogens with zero attached hydrogens (tertiary/aromatic N) is 3. The Kier molecular flexibility index (Phi) is 7.76. The highest BCUT2D eigenvalue weighted by molar-refractivity contribution is 6.05. The number of nitrogens with one attached hydrogen (secondary N) is 1. The summed E-state index contributed by atoms with van der Waals surface area (Å²) in [4.78, 5) is 26.7. The molecule has 0 saturated heterocycles. The number of methoxy groups -OCH3 is 3. The average molecular weight is 455 g/mol. The third-order valence-electron chi connectivity index (χ3n) is 5.43. The number of benzene rings is 2. The molecule has 0 radical (unpaired) electrons. The van der Waals surface area contributed by atoms with Gasteiger partial charge in [-0.15, -0.1) is 0 Å². The fourth-order valence-electron chi connectivity index (χ4n) is 3.66. The predicted molar refractivity (Wildman–Crippen MR) is 125 cm³/mol. The van der Waals surface area contributed by atoms with Crippen LogP contribution >= 0.6 is 0 Å². The van der Waals surface area contributed by atoms with Crippen LogP contribution in [0, 0.1) is 0 Å². The highest BCUT2D eigenvalue weighted by atomic mass is 16.5. The number of amides is 3. The van der Waals surface area contributed by atoms with E-state index in [-0.39, 0.29) is 24.5 Å². The van der Waals surface area contributed by atoms with Gasteiger partial charge in [-0.3, -0.25) is 4.79 Å². The quantitative estimate of drug-likeness (QED) is 0.662. The molecule has 9 heteroatoms. The molecule has 3 rings (SSSR count). The van der Waals surface area contributed by atoms with E-state index < -0.39 is 0 Å². The van der Waals surface area contributed by atoms with Gasteiger partial charge in [0.25, 0.3) is 5.91 Å². The Bertz CT molecular complexity index is 1020. The van der Waals surface area contributed by atoms with Gasteiger partial charge in [0.1, 0.15) is 23.8 Å². The van der Waals surface area contributed by atoms with Gasteiger partial charge in [-0.1, -0.05) is 12.1 Å². The number of hydrogen-bond donors (Lipinski definition) is 1. The van der Waals surface area contributed by atoms with E-state index >= 15 is 0 Å². The van der Waals surface area contributed by atoms with E-state index in [1.165, 1.54) is 9.91 Å². The summed E-state index contributed by atoms with van der Waals surface area (Å²) in [7, 11) is 6.36. The number of hydrazone groups is 1. The lowest BCUT2D eigenvalue weighted by atomic mass is 9.97. The van der Waals surface area contributed by atoms with Gasteiger partial charge in [-0.05, 0) is 36.8 Å². The van der Waals surface area contributed by atoms with Crippen LogP contribution in [0.1, 0.15) is 30.5 Å². The first-order valence-corrected chi connectivity index (χ1v) is 10.7. The number of hydrogen-bond acceptors (Lipinski definition) is 6. The van der Waals surface area contributed by atoms with Crippen molar-refractivity contribution in [1.29, 1.82) is 0 Å². The summed E-state index contributed by atoms with van der Waals surface area (Å²) in [6, 6.07) is 12.4. The number of carbonyl (C=O) groups is 2. The first kappa shape index (κ1) is 23.9. The van der Waals surface area contributed by atoms with Crippen LogP contribution in [0.3, 0.4) is 0 Å². The summed E-state index contributed by atoms with van der Waals surface area (Å²) < 4.78 is 16.1. The van der Waals surface area contributed by atoms with Gasteiger partial charge in [0.15, 0.2) is 0 Å². The summed E-state index contributed by atoms with van der Waals surface area (Å²) in [6.07, 6.45) is 0.492. The summed E-state index contributed by atoms with van der Waals surface area (Å²) in [5, 5.41) is 8.82. The van der Waals surface area contributed by atoms with Gasteiger partial charge < -0.3 is 24.4 Å². The molecule has 2 aromatic carbocycles. The standard InChI is InChI=1S/C24H30N4O5/c1-6-25-24(30)27(2)15-23(29)28-21(16-7-9-17(31-3)10-8-16)14-20(26-28)19-12-11-18(32-4)13-22(19)33-5/h7-13,21H,6,14-15H2,1-5H3,(H,25,30)/t21-/m1/s1. The van der Waals surface area contributed by atoms with E-state index in [0.29, 0.717) is 30.2 Å². The van der Waals surface area contributed by atoms with Crippen molar-refractivity contribution in [2.75, 3.05) is 41.5 Å². The van der Waals surface area contributed by atoms with Crippen LogP contribution in [-0.2, 0) is 4.79 Å². The highest BCUT2D eigenvalue weighted by Crippen LogP contribution is 2.36. The van der Waals surface area contributed by atoms with Crippen LogP contribution in [0.2, 0.25) is 0 Å². The molecule has 33 heavy (non-hydrogen) atoms. The molecule has 0 aromatic heterocycles. The molecule has 1 aliphatic heterocycles. The molecule has 176 valence electrons. The molecule has 0 aliphatic carbocycles. The third-order valence-corrected chi connectivity index (χ3v) is 5.43. The lowest BCUT2D eigenvalue weighted by Gasteiger charge is -2.25. The molecule has 1 N–H and O–H groups in total. The lowest BCUT2D eigenvalue weighted by Crippen LogP contribution is -2.43. The monoisotopic (exact) mass is 454 g/mol. The molecular weight excluding hydrogens is 424 g/mol. The maximum atomic E-state index is 13.2. The zero-order valence-electron chi connectivity index (χ0n) is 19.6. The topological polar surface area (TPSA) is 92.7 Å². The van der Waals surface area contributed by atoms with E-state index in [2.05, 4.69) is 10.4 Å². The first-order valence-electron chi connectivity index (χ1n) is 10.7. The summed E-state index contributed by atoms with van der Waals surface area (Å²) in [6.45, 7) is 2.21. The van der Waals surface area contributed by atoms with Crippen molar-refractivity contribution in [3.8, 4) is 17.2 Å². The molecular formula is C24H30N4O5. The van der Waals surface area contributed by atoms with E-state index in [4.69, 9.17) is 14.2 Å². The molecule has 1 aliphatic rings. The largest absolute Gasteiger partial charge is 0.497 e.